The van der Waals surface area contributed by atoms with Gasteiger partial charge < -0.3 is 5.32 Å². The summed E-state index contributed by atoms with van der Waals surface area (Å²) in [6, 6.07) is 4.56. The topological polar surface area (TPSA) is 24.9 Å². The largest absolute Gasteiger partial charge is 0.314 e. The Balaban J connectivity index is 2.61. The zero-order chi connectivity index (χ0) is 12.7. The summed E-state index contributed by atoms with van der Waals surface area (Å²) in [6.07, 6.45) is 5.24. The molecule has 0 aliphatic heterocycles. The van der Waals surface area contributed by atoms with Gasteiger partial charge in [-0.2, -0.15) is 0 Å². The van der Waals surface area contributed by atoms with Gasteiger partial charge in [0.1, 0.15) is 0 Å². The van der Waals surface area contributed by atoms with Crippen molar-refractivity contribution in [3.05, 3.63) is 28.5 Å². The molecule has 0 aliphatic carbocycles. The highest BCUT2D eigenvalue weighted by atomic mass is 79.9. The van der Waals surface area contributed by atoms with Crippen LogP contribution in [0, 0.1) is 5.92 Å². The molecule has 0 amide bonds. The summed E-state index contributed by atoms with van der Waals surface area (Å²) in [5, 5.41) is 3.62. The van der Waals surface area contributed by atoms with E-state index in [2.05, 4.69) is 53.1 Å². The summed E-state index contributed by atoms with van der Waals surface area (Å²) < 4.78 is 1.12. The van der Waals surface area contributed by atoms with Gasteiger partial charge in [-0.25, -0.2) is 0 Å². The lowest BCUT2D eigenvalue weighted by Crippen LogP contribution is -2.33. The molecular weight excluding hydrogens is 276 g/mol. The van der Waals surface area contributed by atoms with Gasteiger partial charge in [0.15, 0.2) is 0 Å². The Morgan fingerprint density at radius 3 is 2.76 bits per heavy atom. The van der Waals surface area contributed by atoms with Gasteiger partial charge in [0.2, 0.25) is 0 Å². The molecule has 1 aromatic rings. The number of hydrogen-bond donors (Lipinski definition) is 1. The fourth-order valence-electron chi connectivity index (χ4n) is 1.96. The van der Waals surface area contributed by atoms with Crippen LogP contribution < -0.4 is 5.32 Å². The van der Waals surface area contributed by atoms with E-state index < -0.39 is 0 Å². The van der Waals surface area contributed by atoms with Crippen molar-refractivity contribution in [3.8, 4) is 0 Å². The summed E-state index contributed by atoms with van der Waals surface area (Å²) in [6.45, 7) is 7.83. The van der Waals surface area contributed by atoms with Gasteiger partial charge in [0.05, 0.1) is 5.69 Å². The molecule has 0 saturated carbocycles. The van der Waals surface area contributed by atoms with E-state index in [1.54, 1.807) is 0 Å². The van der Waals surface area contributed by atoms with Crippen molar-refractivity contribution in [1.82, 2.24) is 10.3 Å². The number of nitrogens with zero attached hydrogens (tertiary/aromatic N) is 1. The molecule has 1 aromatic heterocycles. The second-order valence-electron chi connectivity index (χ2n) is 4.92. The van der Waals surface area contributed by atoms with Crippen LogP contribution in [0.4, 0.5) is 0 Å². The Bertz CT molecular complexity index is 326. The lowest BCUT2D eigenvalue weighted by molar-refractivity contribution is 0.413. The fourth-order valence-corrected chi connectivity index (χ4v) is 2.38. The van der Waals surface area contributed by atoms with Crippen molar-refractivity contribution in [2.24, 2.45) is 5.92 Å². The van der Waals surface area contributed by atoms with E-state index >= 15 is 0 Å². The van der Waals surface area contributed by atoms with E-state index in [4.69, 9.17) is 0 Å². The van der Waals surface area contributed by atoms with Crippen LogP contribution in [-0.2, 0) is 6.42 Å². The minimum atomic E-state index is 0.529. The van der Waals surface area contributed by atoms with Crippen LogP contribution in [0.1, 0.15) is 39.3 Å². The summed E-state index contributed by atoms with van der Waals surface area (Å²) in [4.78, 5) is 4.45. The smallest absolute Gasteiger partial charge is 0.0560 e. The maximum absolute atomic E-state index is 4.45. The maximum atomic E-state index is 4.45. The van der Waals surface area contributed by atoms with Crippen molar-refractivity contribution >= 4 is 15.9 Å². The lowest BCUT2D eigenvalue weighted by atomic mass is 9.99. The van der Waals surface area contributed by atoms with Crippen LogP contribution in [-0.4, -0.2) is 17.6 Å². The van der Waals surface area contributed by atoms with E-state index in [9.17, 15) is 0 Å². The van der Waals surface area contributed by atoms with Crippen molar-refractivity contribution in [2.75, 3.05) is 6.54 Å². The van der Waals surface area contributed by atoms with E-state index in [1.165, 1.54) is 12.8 Å². The maximum Gasteiger partial charge on any atom is 0.0560 e. The molecule has 96 valence electrons. The first-order chi connectivity index (χ1) is 8.13. The second-order valence-corrected chi connectivity index (χ2v) is 5.77. The molecule has 1 rings (SSSR count). The van der Waals surface area contributed by atoms with E-state index in [0.717, 1.165) is 23.1 Å². The summed E-state index contributed by atoms with van der Waals surface area (Å²) in [5.74, 6) is 0.715. The van der Waals surface area contributed by atoms with E-state index in [0.29, 0.717) is 12.0 Å². The molecule has 0 saturated heterocycles. The lowest BCUT2D eigenvalue weighted by Gasteiger charge is -2.20. The molecule has 0 radical (unpaired) electrons. The standard InChI is InChI=1S/C14H23BrN2/c1-4-7-16-12(9-11(2)3)10-14-13(15)6-5-8-17-14/h5-6,8,11-12,16H,4,7,9-10H2,1-3H3. The molecular formula is C14H23BrN2. The Morgan fingerprint density at radius 1 is 1.41 bits per heavy atom. The van der Waals surface area contributed by atoms with E-state index in [-0.39, 0.29) is 0 Å². The number of hydrogen-bond acceptors (Lipinski definition) is 2. The zero-order valence-corrected chi connectivity index (χ0v) is 12.6. The number of pyridine rings is 1. The molecule has 0 spiro atoms. The van der Waals surface area contributed by atoms with Crippen LogP contribution in [0.15, 0.2) is 22.8 Å². The molecule has 17 heavy (non-hydrogen) atoms. The van der Waals surface area contributed by atoms with Gasteiger partial charge in [0, 0.05) is 23.1 Å². The normalized spacial score (nSPS) is 13.0. The van der Waals surface area contributed by atoms with Crippen LogP contribution >= 0.6 is 15.9 Å². The van der Waals surface area contributed by atoms with Crippen molar-refractivity contribution in [3.63, 3.8) is 0 Å². The third-order valence-corrected chi connectivity index (χ3v) is 3.44. The molecule has 0 aliphatic rings. The van der Waals surface area contributed by atoms with Crippen molar-refractivity contribution < 1.29 is 0 Å². The second kappa shape index (κ2) is 7.83. The molecule has 3 heteroatoms. The number of halogens is 1. The highest BCUT2D eigenvalue weighted by Crippen LogP contribution is 2.17. The SMILES string of the molecule is CCCNC(Cc1ncccc1Br)CC(C)C. The average Bonchev–Trinajstić information content (AvgIpc) is 2.28. The molecule has 0 bridgehead atoms. The molecule has 0 aromatic carbocycles. The first-order valence-corrected chi connectivity index (χ1v) is 7.25. The van der Waals surface area contributed by atoms with Gasteiger partial charge in [-0.15, -0.1) is 0 Å². The molecule has 1 atom stereocenters. The Kier molecular flexibility index (Phi) is 6.75. The number of aromatic nitrogens is 1. The third-order valence-electron chi connectivity index (χ3n) is 2.71. The first-order valence-electron chi connectivity index (χ1n) is 6.46. The Morgan fingerprint density at radius 2 is 2.18 bits per heavy atom. The highest BCUT2D eigenvalue weighted by Gasteiger charge is 2.13. The van der Waals surface area contributed by atoms with Gasteiger partial charge in [0.25, 0.3) is 0 Å². The van der Waals surface area contributed by atoms with Gasteiger partial charge in [-0.05, 0) is 53.4 Å². The number of rotatable bonds is 7. The van der Waals surface area contributed by atoms with E-state index in [1.807, 2.05) is 12.3 Å². The van der Waals surface area contributed by atoms with Gasteiger partial charge in [-0.1, -0.05) is 20.8 Å². The quantitative estimate of drug-likeness (QED) is 0.828. The Labute approximate surface area is 113 Å². The zero-order valence-electron chi connectivity index (χ0n) is 11.0. The fraction of sp³-hybridized carbons (Fsp3) is 0.643. The molecule has 1 N–H and O–H groups in total. The predicted molar refractivity (Wildman–Crippen MR) is 77.2 cm³/mol. The predicted octanol–water partition coefficient (Wildman–Crippen LogP) is 3.80. The molecule has 0 fully saturated rings. The van der Waals surface area contributed by atoms with Crippen LogP contribution in [0.5, 0.6) is 0 Å². The van der Waals surface area contributed by atoms with Crippen LogP contribution in [0.3, 0.4) is 0 Å². The van der Waals surface area contributed by atoms with Crippen molar-refractivity contribution in [1.29, 1.82) is 0 Å². The van der Waals surface area contributed by atoms with Crippen molar-refractivity contribution in [2.45, 2.75) is 46.1 Å². The Hall–Kier alpha value is -0.410. The summed E-state index contributed by atoms with van der Waals surface area (Å²) in [5.41, 5.74) is 1.15. The molecule has 2 nitrogen and oxygen atoms in total. The van der Waals surface area contributed by atoms with Gasteiger partial charge >= 0.3 is 0 Å². The average molecular weight is 299 g/mol. The van der Waals surface area contributed by atoms with Crippen LogP contribution in [0.25, 0.3) is 0 Å². The molecule has 1 heterocycles. The third kappa shape index (κ3) is 5.64. The molecule has 1 unspecified atom stereocenters. The highest BCUT2D eigenvalue weighted by molar-refractivity contribution is 9.10. The number of nitrogens with one attached hydrogen (secondary N) is 1. The minimum absolute atomic E-state index is 0.529. The van der Waals surface area contributed by atoms with Gasteiger partial charge in [-0.3, -0.25) is 4.98 Å². The monoisotopic (exact) mass is 298 g/mol. The minimum Gasteiger partial charge on any atom is -0.314 e. The van der Waals surface area contributed by atoms with Crippen LogP contribution in [0.2, 0.25) is 0 Å². The summed E-state index contributed by atoms with van der Waals surface area (Å²) >= 11 is 3.57. The first kappa shape index (κ1) is 14.7. The summed E-state index contributed by atoms with van der Waals surface area (Å²) in [7, 11) is 0.